The van der Waals surface area contributed by atoms with Crippen LogP contribution >= 0.6 is 0 Å². The number of anilines is 1. The largest absolute Gasteiger partial charge is 0.497 e. The molecule has 0 fully saturated rings. The third kappa shape index (κ3) is 4.04. The molecule has 1 amide bonds. The van der Waals surface area contributed by atoms with E-state index in [0.717, 1.165) is 12.1 Å². The summed E-state index contributed by atoms with van der Waals surface area (Å²) in [6, 6.07) is 9.17. The Bertz CT molecular complexity index is 927. The van der Waals surface area contributed by atoms with Gasteiger partial charge in [-0.05, 0) is 30.3 Å². The molecule has 2 aromatic carbocycles. The van der Waals surface area contributed by atoms with Crippen molar-refractivity contribution in [3.8, 4) is 5.75 Å². The number of ether oxygens (including phenoxy) is 1. The summed E-state index contributed by atoms with van der Waals surface area (Å²) in [5.74, 6) is -0.233. The van der Waals surface area contributed by atoms with E-state index in [1.165, 1.54) is 44.5 Å². The molecule has 0 bridgehead atoms. The lowest BCUT2D eigenvalue weighted by Crippen LogP contribution is -2.19. The summed E-state index contributed by atoms with van der Waals surface area (Å²) in [4.78, 5) is 21.5. The van der Waals surface area contributed by atoms with E-state index < -0.39 is 31.4 Å². The van der Waals surface area contributed by atoms with E-state index in [-0.39, 0.29) is 17.0 Å². The first kappa shape index (κ1) is 18.2. The number of nitro benzene ring substituents is 1. The number of rotatable bonds is 6. The van der Waals surface area contributed by atoms with Crippen molar-refractivity contribution < 1.29 is 22.9 Å². The van der Waals surface area contributed by atoms with Crippen LogP contribution in [0.5, 0.6) is 5.75 Å². The highest BCUT2D eigenvalue weighted by Crippen LogP contribution is 2.29. The Kier molecular flexibility index (Phi) is 5.22. The lowest BCUT2D eigenvalue weighted by atomic mass is 10.2. The summed E-state index contributed by atoms with van der Waals surface area (Å²) in [5, 5.41) is 13.6. The van der Waals surface area contributed by atoms with E-state index in [1.54, 1.807) is 0 Å². The van der Waals surface area contributed by atoms with Gasteiger partial charge in [0.2, 0.25) is 0 Å². The van der Waals surface area contributed by atoms with E-state index in [0.29, 0.717) is 0 Å². The van der Waals surface area contributed by atoms with E-state index in [9.17, 15) is 23.3 Å². The maximum absolute atomic E-state index is 12.5. The molecular weight excluding hydrogens is 350 g/mol. The number of methoxy groups -OCH3 is 1. The number of carbonyl (C=O) groups excluding carboxylic acids is 1. The number of nitrogens with one attached hydrogen (secondary N) is 2. The molecule has 0 spiro atoms. The Morgan fingerprint density at radius 3 is 2.52 bits per heavy atom. The fraction of sp³-hybridized carbons (Fsp3) is 0.133. The normalized spacial score (nSPS) is 10.8. The summed E-state index contributed by atoms with van der Waals surface area (Å²) < 4.78 is 32.2. The number of hydrogen-bond acceptors (Lipinski definition) is 6. The van der Waals surface area contributed by atoms with Gasteiger partial charge in [0.1, 0.15) is 5.75 Å². The molecule has 0 aliphatic rings. The third-order valence-electron chi connectivity index (χ3n) is 3.26. The van der Waals surface area contributed by atoms with E-state index >= 15 is 0 Å². The van der Waals surface area contributed by atoms with Crippen LogP contribution in [0.2, 0.25) is 0 Å². The zero-order valence-corrected chi connectivity index (χ0v) is 14.2. The monoisotopic (exact) mass is 365 g/mol. The molecule has 2 rings (SSSR count). The summed E-state index contributed by atoms with van der Waals surface area (Å²) in [7, 11) is -1.48. The van der Waals surface area contributed by atoms with Gasteiger partial charge in [0.15, 0.2) is 4.90 Å². The SMILES string of the molecule is CNC(=O)c1cccc(NS(=O)(=O)c2ccc(OC)cc2[N+](=O)[O-])c1. The second-order valence-electron chi connectivity index (χ2n) is 4.86. The van der Waals surface area contributed by atoms with E-state index in [1.807, 2.05) is 0 Å². The summed E-state index contributed by atoms with van der Waals surface area (Å²) >= 11 is 0. The molecule has 0 radical (unpaired) electrons. The molecule has 0 aromatic heterocycles. The Balaban J connectivity index is 2.43. The third-order valence-corrected chi connectivity index (χ3v) is 4.69. The molecule has 0 aliphatic heterocycles. The zero-order chi connectivity index (χ0) is 18.6. The predicted molar refractivity (Wildman–Crippen MR) is 90.3 cm³/mol. The molecule has 132 valence electrons. The fourth-order valence-electron chi connectivity index (χ4n) is 2.07. The highest BCUT2D eigenvalue weighted by molar-refractivity contribution is 7.92. The zero-order valence-electron chi connectivity index (χ0n) is 13.3. The number of sulfonamides is 1. The van der Waals surface area contributed by atoms with Crippen molar-refractivity contribution in [1.29, 1.82) is 0 Å². The van der Waals surface area contributed by atoms with Crippen LogP contribution in [-0.4, -0.2) is 33.4 Å². The predicted octanol–water partition coefficient (Wildman–Crippen LogP) is 1.76. The van der Waals surface area contributed by atoms with Crippen LogP contribution in [0.1, 0.15) is 10.4 Å². The minimum Gasteiger partial charge on any atom is -0.497 e. The quantitative estimate of drug-likeness (QED) is 0.593. The maximum atomic E-state index is 12.5. The van der Waals surface area contributed by atoms with Gasteiger partial charge >= 0.3 is 0 Å². The minimum absolute atomic E-state index is 0.103. The average Bonchev–Trinajstić information content (AvgIpc) is 2.60. The van der Waals surface area contributed by atoms with Crippen LogP contribution in [0.15, 0.2) is 47.4 Å². The van der Waals surface area contributed by atoms with Crippen LogP contribution in [0.3, 0.4) is 0 Å². The first-order valence-corrected chi connectivity index (χ1v) is 8.44. The van der Waals surface area contributed by atoms with Gasteiger partial charge in [-0.15, -0.1) is 0 Å². The molecule has 9 nitrogen and oxygen atoms in total. The van der Waals surface area contributed by atoms with Gasteiger partial charge < -0.3 is 10.1 Å². The Hall–Kier alpha value is -3.14. The molecule has 0 aliphatic carbocycles. The number of nitrogens with zero attached hydrogens (tertiary/aromatic N) is 1. The topological polar surface area (TPSA) is 128 Å². The van der Waals surface area contributed by atoms with Crippen molar-refractivity contribution in [2.24, 2.45) is 0 Å². The minimum atomic E-state index is -4.24. The van der Waals surface area contributed by atoms with Crippen molar-refractivity contribution in [3.05, 3.63) is 58.1 Å². The molecule has 2 N–H and O–H groups in total. The second-order valence-corrected chi connectivity index (χ2v) is 6.51. The van der Waals surface area contributed by atoms with Gasteiger partial charge in [0, 0.05) is 18.3 Å². The lowest BCUT2D eigenvalue weighted by Gasteiger charge is -2.10. The molecule has 25 heavy (non-hydrogen) atoms. The van der Waals surface area contributed by atoms with Gasteiger partial charge in [-0.2, -0.15) is 0 Å². The van der Waals surface area contributed by atoms with Crippen molar-refractivity contribution >= 4 is 27.3 Å². The lowest BCUT2D eigenvalue weighted by molar-refractivity contribution is -0.387. The average molecular weight is 365 g/mol. The molecule has 2 aromatic rings. The first-order chi connectivity index (χ1) is 11.8. The van der Waals surface area contributed by atoms with Gasteiger partial charge in [0.25, 0.3) is 21.6 Å². The molecule has 0 saturated heterocycles. The number of hydrogen-bond donors (Lipinski definition) is 2. The van der Waals surface area contributed by atoms with Gasteiger partial charge in [-0.25, -0.2) is 8.42 Å². The van der Waals surface area contributed by atoms with Gasteiger partial charge in [-0.3, -0.25) is 19.6 Å². The first-order valence-electron chi connectivity index (χ1n) is 6.96. The molecule has 10 heteroatoms. The highest BCUT2D eigenvalue weighted by atomic mass is 32.2. The van der Waals surface area contributed by atoms with E-state index in [2.05, 4.69) is 10.0 Å². The molecule has 0 saturated carbocycles. The standard InChI is InChI=1S/C15H15N3O6S/c1-16-15(19)10-4-3-5-11(8-10)17-25(22,23)14-7-6-12(24-2)9-13(14)18(20)21/h3-9,17H,1-2H3,(H,16,19). The van der Waals surface area contributed by atoms with Crippen LogP contribution in [0.4, 0.5) is 11.4 Å². The molecule has 0 heterocycles. The number of amides is 1. The van der Waals surface area contributed by atoms with Crippen molar-refractivity contribution in [1.82, 2.24) is 5.32 Å². The van der Waals surface area contributed by atoms with Gasteiger partial charge in [0.05, 0.1) is 18.1 Å². The Morgan fingerprint density at radius 2 is 1.92 bits per heavy atom. The smallest absolute Gasteiger partial charge is 0.293 e. The number of benzene rings is 2. The number of nitro groups is 1. The molecular formula is C15H15N3O6S. The summed E-state index contributed by atoms with van der Waals surface area (Å²) in [5.41, 5.74) is -0.271. The van der Waals surface area contributed by atoms with Crippen LogP contribution in [0, 0.1) is 10.1 Å². The summed E-state index contributed by atoms with van der Waals surface area (Å²) in [6.07, 6.45) is 0. The Labute approximate surface area is 143 Å². The van der Waals surface area contributed by atoms with E-state index in [4.69, 9.17) is 4.74 Å². The number of carbonyl (C=O) groups is 1. The summed E-state index contributed by atoms with van der Waals surface area (Å²) in [6.45, 7) is 0. The maximum Gasteiger partial charge on any atom is 0.293 e. The van der Waals surface area contributed by atoms with Crippen LogP contribution < -0.4 is 14.8 Å². The van der Waals surface area contributed by atoms with Crippen LogP contribution in [-0.2, 0) is 10.0 Å². The second kappa shape index (κ2) is 7.18. The van der Waals surface area contributed by atoms with Crippen molar-refractivity contribution in [2.75, 3.05) is 18.9 Å². The molecule has 0 atom stereocenters. The Morgan fingerprint density at radius 1 is 1.20 bits per heavy atom. The molecule has 0 unspecified atom stereocenters. The van der Waals surface area contributed by atoms with Gasteiger partial charge in [-0.1, -0.05) is 6.07 Å². The van der Waals surface area contributed by atoms with Crippen LogP contribution in [0.25, 0.3) is 0 Å². The highest BCUT2D eigenvalue weighted by Gasteiger charge is 2.26. The fourth-order valence-corrected chi connectivity index (χ4v) is 3.28. The van der Waals surface area contributed by atoms with Crippen molar-refractivity contribution in [3.63, 3.8) is 0 Å². The van der Waals surface area contributed by atoms with Crippen molar-refractivity contribution in [2.45, 2.75) is 4.90 Å².